The number of carbonyl (C=O) groups excluding carboxylic acids is 3. The van der Waals surface area contributed by atoms with Crippen molar-refractivity contribution in [1.29, 1.82) is 0 Å². The van der Waals surface area contributed by atoms with E-state index in [4.69, 9.17) is 5.73 Å². The number of rotatable bonds is 14. The van der Waals surface area contributed by atoms with Gasteiger partial charge in [-0.15, -0.1) is 0 Å². The molecule has 0 saturated carbocycles. The Kier molecular flexibility index (Phi) is 11.3. The average Bonchev–Trinajstić information content (AvgIpc) is 2.99. The summed E-state index contributed by atoms with van der Waals surface area (Å²) in [6.45, 7) is 0.403. The highest BCUT2D eigenvalue weighted by molar-refractivity contribution is 5.92. The van der Waals surface area contributed by atoms with Crippen molar-refractivity contribution < 1.29 is 34.3 Å². The molecule has 3 rings (SSSR count). The summed E-state index contributed by atoms with van der Waals surface area (Å²) in [5, 5.41) is 36.0. The molecule has 3 aromatic rings. The summed E-state index contributed by atoms with van der Waals surface area (Å²) >= 11 is 0. The van der Waals surface area contributed by atoms with Crippen LogP contribution in [0.5, 0.6) is 5.75 Å². The van der Waals surface area contributed by atoms with E-state index in [1.807, 2.05) is 0 Å². The number of non-ortho nitro benzene ring substituents is 1. The number of nitro benzene ring substituents is 1. The molecule has 226 valence electrons. The summed E-state index contributed by atoms with van der Waals surface area (Å²) in [4.78, 5) is 62.6. The number of benzene rings is 3. The van der Waals surface area contributed by atoms with Gasteiger partial charge in [0.15, 0.2) is 0 Å². The SMILES string of the molecule is C[C@@H](C(=O)NCC(=O)N[C@@H](Cc1ccccc1)C(=O)O)N(Cc1cc([N+](=O)[O-])ccc1O)C(=O)[C@@H](N)Cc1ccccc1. The maximum Gasteiger partial charge on any atom is 0.326 e. The van der Waals surface area contributed by atoms with E-state index < -0.39 is 59.8 Å². The van der Waals surface area contributed by atoms with Gasteiger partial charge in [0.1, 0.15) is 17.8 Å². The van der Waals surface area contributed by atoms with Crippen molar-refractivity contribution in [3.8, 4) is 5.75 Å². The standard InChI is InChI=1S/C30H33N5O8/c1-19(28(38)32-17-27(37)33-25(30(40)41)15-21-10-6-3-7-11-21)34(18-22-16-23(35(42)43)12-13-26(22)36)29(39)24(31)14-20-8-4-2-5-9-20/h2-13,16,19,24-25,36H,14-15,17-18,31H2,1H3,(H,32,38)(H,33,37)(H,40,41)/t19-,24-,25-/m0/s1. The number of nitro groups is 1. The number of aliphatic carboxylic acids is 1. The Hall–Kier alpha value is -5.30. The average molecular weight is 592 g/mol. The molecule has 0 bridgehead atoms. The van der Waals surface area contributed by atoms with Gasteiger partial charge < -0.3 is 31.5 Å². The maximum absolute atomic E-state index is 13.5. The van der Waals surface area contributed by atoms with Gasteiger partial charge in [0, 0.05) is 24.1 Å². The number of nitrogens with zero attached hydrogens (tertiary/aromatic N) is 2. The van der Waals surface area contributed by atoms with E-state index in [0.29, 0.717) is 5.56 Å². The molecule has 0 saturated heterocycles. The van der Waals surface area contributed by atoms with Gasteiger partial charge in [-0.3, -0.25) is 24.5 Å². The molecule has 3 atom stereocenters. The second-order valence-electron chi connectivity index (χ2n) is 9.87. The Labute approximate surface area is 247 Å². The van der Waals surface area contributed by atoms with Crippen LogP contribution < -0.4 is 16.4 Å². The second-order valence-corrected chi connectivity index (χ2v) is 9.87. The fourth-order valence-corrected chi connectivity index (χ4v) is 4.32. The first-order valence-corrected chi connectivity index (χ1v) is 13.4. The van der Waals surface area contributed by atoms with Gasteiger partial charge in [0.2, 0.25) is 17.7 Å². The lowest BCUT2D eigenvalue weighted by Crippen LogP contribution is -2.54. The highest BCUT2D eigenvalue weighted by Crippen LogP contribution is 2.25. The van der Waals surface area contributed by atoms with Crippen LogP contribution in [0, 0.1) is 10.1 Å². The molecule has 43 heavy (non-hydrogen) atoms. The van der Waals surface area contributed by atoms with Crippen LogP contribution in [0.2, 0.25) is 0 Å². The largest absolute Gasteiger partial charge is 0.508 e. The lowest BCUT2D eigenvalue weighted by molar-refractivity contribution is -0.385. The molecule has 13 heteroatoms. The van der Waals surface area contributed by atoms with E-state index in [1.54, 1.807) is 60.7 Å². The third-order valence-electron chi connectivity index (χ3n) is 6.70. The number of hydrogen-bond acceptors (Lipinski definition) is 8. The van der Waals surface area contributed by atoms with Crippen LogP contribution in [0.15, 0.2) is 78.9 Å². The summed E-state index contributed by atoms with van der Waals surface area (Å²) in [5.41, 5.74) is 7.35. The predicted molar refractivity (Wildman–Crippen MR) is 156 cm³/mol. The summed E-state index contributed by atoms with van der Waals surface area (Å²) < 4.78 is 0. The zero-order valence-corrected chi connectivity index (χ0v) is 23.4. The zero-order valence-electron chi connectivity index (χ0n) is 23.4. The smallest absolute Gasteiger partial charge is 0.326 e. The third kappa shape index (κ3) is 9.36. The monoisotopic (exact) mass is 591 g/mol. The Morgan fingerprint density at radius 3 is 2.09 bits per heavy atom. The van der Waals surface area contributed by atoms with Crippen molar-refractivity contribution in [3.05, 3.63) is 106 Å². The van der Waals surface area contributed by atoms with Crippen LogP contribution in [0.25, 0.3) is 0 Å². The molecule has 3 aromatic carbocycles. The number of phenolic OH excluding ortho intramolecular Hbond substituents is 1. The molecule has 0 spiro atoms. The van der Waals surface area contributed by atoms with E-state index in [2.05, 4.69) is 10.6 Å². The van der Waals surface area contributed by atoms with E-state index in [-0.39, 0.29) is 29.8 Å². The summed E-state index contributed by atoms with van der Waals surface area (Å²) in [6.07, 6.45) is 0.159. The summed E-state index contributed by atoms with van der Waals surface area (Å²) in [5.74, 6) is -3.78. The Balaban J connectivity index is 1.74. The number of nitrogens with two attached hydrogens (primary N) is 1. The molecule has 0 radical (unpaired) electrons. The normalized spacial score (nSPS) is 12.8. The molecule has 0 fully saturated rings. The van der Waals surface area contributed by atoms with E-state index >= 15 is 0 Å². The van der Waals surface area contributed by atoms with Crippen molar-refractivity contribution in [2.24, 2.45) is 5.73 Å². The van der Waals surface area contributed by atoms with E-state index in [1.165, 1.54) is 6.92 Å². The number of phenols is 1. The number of nitrogens with one attached hydrogen (secondary N) is 2. The second kappa shape index (κ2) is 15.1. The fraction of sp³-hybridized carbons (Fsp3) is 0.267. The van der Waals surface area contributed by atoms with Crippen LogP contribution in [0.1, 0.15) is 23.6 Å². The predicted octanol–water partition coefficient (Wildman–Crippen LogP) is 1.52. The minimum atomic E-state index is -1.25. The molecule has 0 aliphatic heterocycles. The van der Waals surface area contributed by atoms with E-state index in [0.717, 1.165) is 28.7 Å². The molecule has 0 heterocycles. The molecule has 13 nitrogen and oxygen atoms in total. The fourth-order valence-electron chi connectivity index (χ4n) is 4.32. The van der Waals surface area contributed by atoms with Gasteiger partial charge in [0.25, 0.3) is 5.69 Å². The highest BCUT2D eigenvalue weighted by Gasteiger charge is 2.31. The minimum Gasteiger partial charge on any atom is -0.508 e. The molecule has 0 aliphatic carbocycles. The zero-order chi connectivity index (χ0) is 31.5. The highest BCUT2D eigenvalue weighted by atomic mass is 16.6. The van der Waals surface area contributed by atoms with Crippen LogP contribution in [0.3, 0.4) is 0 Å². The quantitative estimate of drug-likeness (QED) is 0.136. The van der Waals surface area contributed by atoms with Crippen molar-refractivity contribution in [1.82, 2.24) is 15.5 Å². The molecular weight excluding hydrogens is 558 g/mol. The number of carboxylic acids is 1. The van der Waals surface area contributed by atoms with Crippen LogP contribution in [0.4, 0.5) is 5.69 Å². The molecule has 0 aliphatic rings. The van der Waals surface area contributed by atoms with Gasteiger partial charge in [-0.25, -0.2) is 4.79 Å². The number of aromatic hydroxyl groups is 1. The molecule has 3 amide bonds. The molecule has 0 unspecified atom stereocenters. The van der Waals surface area contributed by atoms with Gasteiger partial charge in [0.05, 0.1) is 24.1 Å². The maximum atomic E-state index is 13.5. The third-order valence-corrected chi connectivity index (χ3v) is 6.70. The number of carbonyl (C=O) groups is 4. The molecular formula is C30H33N5O8. The van der Waals surface area contributed by atoms with Crippen molar-refractivity contribution in [2.75, 3.05) is 6.54 Å². The van der Waals surface area contributed by atoms with Crippen LogP contribution in [-0.2, 0) is 38.6 Å². The Morgan fingerprint density at radius 2 is 1.53 bits per heavy atom. The first-order valence-electron chi connectivity index (χ1n) is 13.4. The van der Waals surface area contributed by atoms with Crippen molar-refractivity contribution in [2.45, 2.75) is 44.4 Å². The van der Waals surface area contributed by atoms with Gasteiger partial charge in [-0.05, 0) is 30.5 Å². The molecule has 0 aromatic heterocycles. The van der Waals surface area contributed by atoms with Gasteiger partial charge >= 0.3 is 5.97 Å². The first kappa shape index (κ1) is 32.2. The Bertz CT molecular complexity index is 1450. The van der Waals surface area contributed by atoms with E-state index in [9.17, 15) is 39.5 Å². The lowest BCUT2D eigenvalue weighted by Gasteiger charge is -2.31. The van der Waals surface area contributed by atoms with Crippen molar-refractivity contribution >= 4 is 29.4 Å². The summed E-state index contributed by atoms with van der Waals surface area (Å²) in [6, 6.07) is 17.3. The minimum absolute atomic E-state index is 0.0112. The topological polar surface area (TPSA) is 205 Å². The molecule has 6 N–H and O–H groups in total. The number of hydrogen-bond donors (Lipinski definition) is 5. The van der Waals surface area contributed by atoms with Crippen LogP contribution in [-0.4, -0.2) is 68.4 Å². The summed E-state index contributed by atoms with van der Waals surface area (Å²) in [7, 11) is 0. The number of amides is 3. The lowest BCUT2D eigenvalue weighted by atomic mass is 10.0. The van der Waals surface area contributed by atoms with Crippen molar-refractivity contribution in [3.63, 3.8) is 0 Å². The Morgan fingerprint density at radius 1 is 0.953 bits per heavy atom. The van der Waals surface area contributed by atoms with Crippen LogP contribution >= 0.6 is 0 Å². The first-order chi connectivity index (χ1) is 20.5. The number of carboxylic acid groups (broad SMARTS) is 1. The van der Waals surface area contributed by atoms with Gasteiger partial charge in [-0.1, -0.05) is 60.7 Å². The van der Waals surface area contributed by atoms with Gasteiger partial charge in [-0.2, -0.15) is 0 Å².